The van der Waals surface area contributed by atoms with Crippen molar-refractivity contribution in [1.82, 2.24) is 0 Å². The molecule has 100 valence electrons. The van der Waals surface area contributed by atoms with Crippen LogP contribution in [-0.4, -0.2) is 11.7 Å². The van der Waals surface area contributed by atoms with Crippen molar-refractivity contribution in [2.24, 2.45) is 0 Å². The molecule has 0 aliphatic carbocycles. The van der Waals surface area contributed by atoms with Crippen molar-refractivity contribution in [3.8, 4) is 0 Å². The Morgan fingerprint density at radius 1 is 1.05 bits per heavy atom. The number of aliphatic hydroxyl groups excluding tert-OH is 1. The molecule has 0 amide bonds. The van der Waals surface area contributed by atoms with E-state index in [0.717, 1.165) is 15.6 Å². The van der Waals surface area contributed by atoms with E-state index in [4.69, 9.17) is 23.2 Å². The largest absolute Gasteiger partial charge is 0.396 e. The van der Waals surface area contributed by atoms with Crippen LogP contribution < -0.4 is 0 Å². The van der Waals surface area contributed by atoms with Gasteiger partial charge in [-0.3, -0.25) is 0 Å². The number of hydrogen-bond donors (Lipinski definition) is 1. The molecule has 19 heavy (non-hydrogen) atoms. The summed E-state index contributed by atoms with van der Waals surface area (Å²) < 4.78 is 1.02. The molecule has 0 heterocycles. The summed E-state index contributed by atoms with van der Waals surface area (Å²) >= 11 is 15.5. The fraction of sp³-hybridized carbons (Fsp3) is 0.200. The first-order chi connectivity index (χ1) is 9.10. The molecular weight excluding hydrogens is 347 g/mol. The molecule has 0 radical (unpaired) electrons. The Hall–Kier alpha value is -0.540. The van der Waals surface area contributed by atoms with E-state index in [1.807, 2.05) is 30.3 Å². The zero-order chi connectivity index (χ0) is 13.8. The Bertz CT molecular complexity index is 555. The first-order valence-electron chi connectivity index (χ1n) is 5.90. The van der Waals surface area contributed by atoms with Gasteiger partial charge >= 0.3 is 0 Å². The molecule has 1 atom stereocenters. The van der Waals surface area contributed by atoms with Crippen LogP contribution in [-0.2, 0) is 6.42 Å². The molecule has 0 aromatic heterocycles. The minimum atomic E-state index is 0.0177. The van der Waals surface area contributed by atoms with Crippen LogP contribution in [0.25, 0.3) is 0 Å². The van der Waals surface area contributed by atoms with Crippen molar-refractivity contribution >= 4 is 39.1 Å². The summed E-state index contributed by atoms with van der Waals surface area (Å²) in [5.74, 6) is 0.0177. The van der Waals surface area contributed by atoms with Gasteiger partial charge in [-0.15, -0.1) is 0 Å². The standard InChI is InChI=1S/C15H13BrCl2O/c16-13-3-1-10(2-4-13)12(9-19)7-11-8-14(17)5-6-15(11)18/h1-6,8,12,19H,7,9H2. The molecule has 2 rings (SSSR count). The van der Waals surface area contributed by atoms with Gasteiger partial charge in [-0.1, -0.05) is 51.3 Å². The highest BCUT2D eigenvalue weighted by molar-refractivity contribution is 9.10. The minimum absolute atomic E-state index is 0.0177. The molecule has 0 saturated carbocycles. The number of rotatable bonds is 4. The second-order valence-electron chi connectivity index (χ2n) is 4.37. The highest BCUT2D eigenvalue weighted by Gasteiger charge is 2.13. The van der Waals surface area contributed by atoms with Crippen LogP contribution in [0.2, 0.25) is 10.0 Å². The summed E-state index contributed by atoms with van der Waals surface area (Å²) in [5, 5.41) is 10.9. The van der Waals surface area contributed by atoms with E-state index in [0.29, 0.717) is 16.5 Å². The normalized spacial score (nSPS) is 12.4. The molecule has 4 heteroatoms. The van der Waals surface area contributed by atoms with Gasteiger partial charge in [-0.2, -0.15) is 0 Å². The molecule has 0 spiro atoms. The Balaban J connectivity index is 2.23. The lowest BCUT2D eigenvalue weighted by atomic mass is 9.93. The second kappa shape index (κ2) is 6.76. The van der Waals surface area contributed by atoms with E-state index in [1.165, 1.54) is 0 Å². The lowest BCUT2D eigenvalue weighted by Crippen LogP contribution is -2.08. The lowest BCUT2D eigenvalue weighted by Gasteiger charge is -2.16. The van der Waals surface area contributed by atoms with E-state index in [9.17, 15) is 5.11 Å². The average Bonchev–Trinajstić information content (AvgIpc) is 2.41. The van der Waals surface area contributed by atoms with Crippen molar-refractivity contribution in [3.63, 3.8) is 0 Å². The van der Waals surface area contributed by atoms with E-state index in [2.05, 4.69) is 15.9 Å². The zero-order valence-corrected chi connectivity index (χ0v) is 13.2. The molecule has 0 aliphatic rings. The molecule has 0 bridgehead atoms. The van der Waals surface area contributed by atoms with Gasteiger partial charge < -0.3 is 5.11 Å². The Morgan fingerprint density at radius 3 is 2.37 bits per heavy atom. The second-order valence-corrected chi connectivity index (χ2v) is 6.13. The van der Waals surface area contributed by atoms with Gasteiger partial charge in [0.2, 0.25) is 0 Å². The van der Waals surface area contributed by atoms with Crippen molar-refractivity contribution in [1.29, 1.82) is 0 Å². The predicted octanol–water partition coefficient (Wildman–Crippen LogP) is 5.07. The van der Waals surface area contributed by atoms with Crippen LogP contribution in [0, 0.1) is 0 Å². The van der Waals surface area contributed by atoms with Crippen LogP contribution in [0.3, 0.4) is 0 Å². The fourth-order valence-electron chi connectivity index (χ4n) is 1.99. The first-order valence-corrected chi connectivity index (χ1v) is 7.45. The third kappa shape index (κ3) is 3.96. The molecule has 0 saturated heterocycles. The Labute approximate surface area is 131 Å². The van der Waals surface area contributed by atoms with Crippen LogP contribution in [0.5, 0.6) is 0 Å². The van der Waals surface area contributed by atoms with Crippen LogP contribution in [0.4, 0.5) is 0 Å². The van der Waals surface area contributed by atoms with E-state index in [-0.39, 0.29) is 12.5 Å². The van der Waals surface area contributed by atoms with Crippen LogP contribution in [0.15, 0.2) is 46.9 Å². The van der Waals surface area contributed by atoms with Gasteiger partial charge in [0.15, 0.2) is 0 Å². The van der Waals surface area contributed by atoms with Gasteiger partial charge in [-0.25, -0.2) is 0 Å². The third-order valence-electron chi connectivity index (χ3n) is 3.04. The first kappa shape index (κ1) is 14.9. The van der Waals surface area contributed by atoms with Gasteiger partial charge in [0.25, 0.3) is 0 Å². The van der Waals surface area contributed by atoms with Gasteiger partial charge in [-0.05, 0) is 47.9 Å². The molecule has 1 unspecified atom stereocenters. The number of aliphatic hydroxyl groups is 1. The van der Waals surface area contributed by atoms with E-state index < -0.39 is 0 Å². The average molecular weight is 360 g/mol. The summed E-state index contributed by atoms with van der Waals surface area (Å²) in [4.78, 5) is 0. The summed E-state index contributed by atoms with van der Waals surface area (Å²) in [6.07, 6.45) is 0.664. The maximum absolute atomic E-state index is 9.58. The van der Waals surface area contributed by atoms with Crippen LogP contribution in [0.1, 0.15) is 17.0 Å². The minimum Gasteiger partial charge on any atom is -0.396 e. The molecule has 0 aliphatic heterocycles. The quantitative estimate of drug-likeness (QED) is 0.807. The smallest absolute Gasteiger partial charge is 0.0502 e. The number of hydrogen-bond acceptors (Lipinski definition) is 1. The Morgan fingerprint density at radius 2 is 1.74 bits per heavy atom. The molecular formula is C15H13BrCl2O. The van der Waals surface area contributed by atoms with Gasteiger partial charge in [0, 0.05) is 20.4 Å². The maximum atomic E-state index is 9.58. The Kier molecular flexibility index (Phi) is 5.28. The number of benzene rings is 2. The molecule has 2 aromatic rings. The summed E-state index contributed by atoms with van der Waals surface area (Å²) in [6.45, 7) is 0.0739. The summed E-state index contributed by atoms with van der Waals surface area (Å²) in [5.41, 5.74) is 2.04. The topological polar surface area (TPSA) is 20.2 Å². The fourth-order valence-corrected chi connectivity index (χ4v) is 2.64. The highest BCUT2D eigenvalue weighted by Crippen LogP contribution is 2.28. The van der Waals surface area contributed by atoms with Crippen molar-refractivity contribution in [3.05, 3.63) is 68.1 Å². The maximum Gasteiger partial charge on any atom is 0.0502 e. The van der Waals surface area contributed by atoms with E-state index in [1.54, 1.807) is 12.1 Å². The zero-order valence-electron chi connectivity index (χ0n) is 10.1. The van der Waals surface area contributed by atoms with Crippen molar-refractivity contribution in [2.45, 2.75) is 12.3 Å². The molecule has 0 fully saturated rings. The van der Waals surface area contributed by atoms with Crippen molar-refractivity contribution < 1.29 is 5.11 Å². The van der Waals surface area contributed by atoms with Crippen LogP contribution >= 0.6 is 39.1 Å². The third-order valence-corrected chi connectivity index (χ3v) is 4.17. The lowest BCUT2D eigenvalue weighted by molar-refractivity contribution is 0.264. The predicted molar refractivity (Wildman–Crippen MR) is 84.1 cm³/mol. The molecule has 2 aromatic carbocycles. The van der Waals surface area contributed by atoms with E-state index >= 15 is 0 Å². The van der Waals surface area contributed by atoms with Gasteiger partial charge in [0.05, 0.1) is 6.61 Å². The molecule has 1 nitrogen and oxygen atoms in total. The summed E-state index contributed by atoms with van der Waals surface area (Å²) in [7, 11) is 0. The van der Waals surface area contributed by atoms with Gasteiger partial charge in [0.1, 0.15) is 0 Å². The highest BCUT2D eigenvalue weighted by atomic mass is 79.9. The molecule has 1 N–H and O–H groups in total. The number of halogens is 3. The SMILES string of the molecule is OCC(Cc1cc(Cl)ccc1Cl)c1ccc(Br)cc1. The van der Waals surface area contributed by atoms with Crippen molar-refractivity contribution in [2.75, 3.05) is 6.61 Å². The summed E-state index contributed by atoms with van der Waals surface area (Å²) in [6, 6.07) is 13.4. The monoisotopic (exact) mass is 358 g/mol.